The number of halogens is 1. The summed E-state index contributed by atoms with van der Waals surface area (Å²) in [4.78, 5) is 4.35. The standard InChI is InChI=1S/C14H13ClN2O/c1-10-3-2-4-13(9-10)16-14(17-18)11-5-7-12(15)8-6-11/h2-9,18H,1H3,(H,16,17). The second-order valence-electron chi connectivity index (χ2n) is 3.92. The Balaban J connectivity index is 2.36. The minimum atomic E-state index is 0.386. The first-order chi connectivity index (χ1) is 8.69. The number of benzene rings is 2. The van der Waals surface area contributed by atoms with Crippen molar-refractivity contribution in [2.75, 3.05) is 0 Å². The highest BCUT2D eigenvalue weighted by molar-refractivity contribution is 6.30. The highest BCUT2D eigenvalue weighted by Crippen LogP contribution is 2.16. The second kappa shape index (κ2) is 5.67. The van der Waals surface area contributed by atoms with Crippen molar-refractivity contribution in [2.45, 2.75) is 6.92 Å². The summed E-state index contributed by atoms with van der Waals surface area (Å²) in [5.74, 6) is 0.386. The monoisotopic (exact) mass is 260 g/mol. The van der Waals surface area contributed by atoms with Crippen LogP contribution in [0.15, 0.2) is 53.5 Å². The summed E-state index contributed by atoms with van der Waals surface area (Å²) in [6.07, 6.45) is 0. The maximum absolute atomic E-state index is 9.17. The number of hydroxylamine groups is 1. The third kappa shape index (κ3) is 3.09. The fourth-order valence-electron chi connectivity index (χ4n) is 1.59. The van der Waals surface area contributed by atoms with E-state index in [0.29, 0.717) is 10.9 Å². The number of aryl methyl sites for hydroxylation is 1. The van der Waals surface area contributed by atoms with Crippen LogP contribution in [-0.4, -0.2) is 11.0 Å². The fraction of sp³-hybridized carbons (Fsp3) is 0.0714. The third-order valence-corrected chi connectivity index (χ3v) is 2.72. The summed E-state index contributed by atoms with van der Waals surface area (Å²) in [7, 11) is 0. The normalized spacial score (nSPS) is 11.4. The quantitative estimate of drug-likeness (QED) is 0.491. The van der Waals surface area contributed by atoms with Crippen molar-refractivity contribution in [3.8, 4) is 0 Å². The zero-order valence-electron chi connectivity index (χ0n) is 9.89. The lowest BCUT2D eigenvalue weighted by Gasteiger charge is -2.05. The molecule has 0 unspecified atom stereocenters. The molecule has 0 amide bonds. The number of hydrogen-bond donors (Lipinski definition) is 2. The zero-order chi connectivity index (χ0) is 13.0. The molecule has 92 valence electrons. The van der Waals surface area contributed by atoms with Gasteiger partial charge in [-0.15, -0.1) is 0 Å². The maximum Gasteiger partial charge on any atom is 0.157 e. The number of nitrogens with zero attached hydrogens (tertiary/aromatic N) is 1. The molecule has 0 bridgehead atoms. The number of hydrogen-bond acceptors (Lipinski definition) is 2. The number of amidine groups is 1. The first kappa shape index (κ1) is 12.6. The van der Waals surface area contributed by atoms with Crippen molar-refractivity contribution in [3.05, 3.63) is 64.7 Å². The molecule has 0 aliphatic rings. The van der Waals surface area contributed by atoms with Gasteiger partial charge in [-0.25, -0.2) is 4.99 Å². The highest BCUT2D eigenvalue weighted by Gasteiger charge is 2.02. The molecule has 2 rings (SSSR count). The summed E-state index contributed by atoms with van der Waals surface area (Å²) < 4.78 is 0. The second-order valence-corrected chi connectivity index (χ2v) is 4.35. The molecule has 2 aromatic rings. The molecule has 2 aromatic carbocycles. The van der Waals surface area contributed by atoms with Gasteiger partial charge in [0, 0.05) is 10.6 Å². The van der Waals surface area contributed by atoms with Gasteiger partial charge in [0.1, 0.15) is 0 Å². The first-order valence-electron chi connectivity index (χ1n) is 5.50. The molecule has 0 radical (unpaired) electrons. The van der Waals surface area contributed by atoms with E-state index in [1.165, 1.54) is 0 Å². The Hall–Kier alpha value is -1.84. The van der Waals surface area contributed by atoms with Crippen LogP contribution in [0.25, 0.3) is 0 Å². The number of rotatable bonds is 2. The predicted molar refractivity (Wildman–Crippen MR) is 73.8 cm³/mol. The lowest BCUT2D eigenvalue weighted by Crippen LogP contribution is -2.19. The molecule has 0 saturated carbocycles. The van der Waals surface area contributed by atoms with E-state index in [4.69, 9.17) is 16.8 Å². The van der Waals surface area contributed by atoms with E-state index in [2.05, 4.69) is 10.5 Å². The molecule has 0 spiro atoms. The van der Waals surface area contributed by atoms with Crippen LogP contribution in [-0.2, 0) is 0 Å². The first-order valence-corrected chi connectivity index (χ1v) is 5.88. The van der Waals surface area contributed by atoms with E-state index in [-0.39, 0.29) is 0 Å². The van der Waals surface area contributed by atoms with E-state index in [9.17, 15) is 0 Å². The Morgan fingerprint density at radius 2 is 1.89 bits per heavy atom. The van der Waals surface area contributed by atoms with Crippen molar-refractivity contribution in [1.82, 2.24) is 5.48 Å². The van der Waals surface area contributed by atoms with Crippen LogP contribution in [0.2, 0.25) is 5.02 Å². The Kier molecular flexibility index (Phi) is 3.97. The molecular weight excluding hydrogens is 248 g/mol. The van der Waals surface area contributed by atoms with E-state index < -0.39 is 0 Å². The molecule has 0 aliphatic carbocycles. The Labute approximate surface area is 111 Å². The minimum Gasteiger partial charge on any atom is -0.290 e. The van der Waals surface area contributed by atoms with Crippen molar-refractivity contribution < 1.29 is 5.21 Å². The van der Waals surface area contributed by atoms with Gasteiger partial charge in [-0.05, 0) is 48.9 Å². The molecule has 4 heteroatoms. The lowest BCUT2D eigenvalue weighted by molar-refractivity contribution is 0.235. The van der Waals surface area contributed by atoms with Crippen LogP contribution in [0.3, 0.4) is 0 Å². The Morgan fingerprint density at radius 1 is 1.17 bits per heavy atom. The van der Waals surface area contributed by atoms with Gasteiger partial charge in [0.05, 0.1) is 5.69 Å². The molecule has 0 aliphatic heterocycles. The van der Waals surface area contributed by atoms with Crippen molar-refractivity contribution >= 4 is 23.1 Å². The van der Waals surface area contributed by atoms with Crippen molar-refractivity contribution in [3.63, 3.8) is 0 Å². The Morgan fingerprint density at radius 3 is 2.50 bits per heavy atom. The van der Waals surface area contributed by atoms with Gasteiger partial charge >= 0.3 is 0 Å². The van der Waals surface area contributed by atoms with E-state index in [0.717, 1.165) is 16.8 Å². The average molecular weight is 261 g/mol. The SMILES string of the molecule is Cc1cccc(N=C(NO)c2ccc(Cl)cc2)c1. The maximum atomic E-state index is 9.17. The summed E-state index contributed by atoms with van der Waals surface area (Å²) in [6, 6.07) is 14.8. The van der Waals surface area contributed by atoms with Gasteiger partial charge in [0.2, 0.25) is 0 Å². The van der Waals surface area contributed by atoms with Crippen LogP contribution >= 0.6 is 11.6 Å². The van der Waals surface area contributed by atoms with Crippen LogP contribution in [0.4, 0.5) is 5.69 Å². The smallest absolute Gasteiger partial charge is 0.157 e. The van der Waals surface area contributed by atoms with Crippen LogP contribution in [0.1, 0.15) is 11.1 Å². The summed E-state index contributed by atoms with van der Waals surface area (Å²) in [6.45, 7) is 1.99. The van der Waals surface area contributed by atoms with Crippen molar-refractivity contribution in [1.29, 1.82) is 0 Å². The molecule has 0 saturated heterocycles. The molecule has 0 fully saturated rings. The molecule has 0 aromatic heterocycles. The van der Waals surface area contributed by atoms with Gasteiger partial charge in [0.25, 0.3) is 0 Å². The number of aliphatic imine (C=N–C) groups is 1. The minimum absolute atomic E-state index is 0.386. The van der Waals surface area contributed by atoms with E-state index in [1.54, 1.807) is 24.3 Å². The average Bonchev–Trinajstić information content (AvgIpc) is 2.37. The topological polar surface area (TPSA) is 44.6 Å². The predicted octanol–water partition coefficient (Wildman–Crippen LogP) is 3.71. The largest absolute Gasteiger partial charge is 0.290 e. The fourth-order valence-corrected chi connectivity index (χ4v) is 1.71. The molecule has 0 heterocycles. The van der Waals surface area contributed by atoms with E-state index >= 15 is 0 Å². The third-order valence-electron chi connectivity index (χ3n) is 2.47. The molecule has 18 heavy (non-hydrogen) atoms. The van der Waals surface area contributed by atoms with Crippen LogP contribution in [0, 0.1) is 6.92 Å². The van der Waals surface area contributed by atoms with Gasteiger partial charge in [0.15, 0.2) is 5.84 Å². The van der Waals surface area contributed by atoms with Crippen LogP contribution < -0.4 is 5.48 Å². The molecule has 2 N–H and O–H groups in total. The van der Waals surface area contributed by atoms with Crippen molar-refractivity contribution in [2.24, 2.45) is 4.99 Å². The summed E-state index contributed by atoms with van der Waals surface area (Å²) >= 11 is 5.82. The highest BCUT2D eigenvalue weighted by atomic mass is 35.5. The molecule has 0 atom stereocenters. The molecular formula is C14H13ClN2O. The summed E-state index contributed by atoms with van der Waals surface area (Å²) in [5.41, 5.74) is 4.77. The van der Waals surface area contributed by atoms with Gasteiger partial charge in [-0.3, -0.25) is 10.7 Å². The Bertz CT molecular complexity index is 564. The summed E-state index contributed by atoms with van der Waals surface area (Å²) in [5, 5.41) is 9.81. The lowest BCUT2D eigenvalue weighted by atomic mass is 10.2. The van der Waals surface area contributed by atoms with Gasteiger partial charge in [-0.2, -0.15) is 0 Å². The van der Waals surface area contributed by atoms with Gasteiger partial charge in [-0.1, -0.05) is 23.7 Å². The van der Waals surface area contributed by atoms with Gasteiger partial charge < -0.3 is 0 Å². The van der Waals surface area contributed by atoms with E-state index in [1.807, 2.05) is 31.2 Å². The molecule has 3 nitrogen and oxygen atoms in total. The number of nitrogens with one attached hydrogen (secondary N) is 1. The van der Waals surface area contributed by atoms with Crippen LogP contribution in [0.5, 0.6) is 0 Å². The zero-order valence-corrected chi connectivity index (χ0v) is 10.6.